The highest BCUT2D eigenvalue weighted by molar-refractivity contribution is 7.99. The summed E-state index contributed by atoms with van der Waals surface area (Å²) in [4.78, 5) is 8.95. The summed E-state index contributed by atoms with van der Waals surface area (Å²) in [5.74, 6) is 2.22. The third-order valence-electron chi connectivity index (χ3n) is 2.28. The van der Waals surface area contributed by atoms with E-state index in [1.807, 2.05) is 13.0 Å². The first-order valence-corrected chi connectivity index (χ1v) is 7.12. The van der Waals surface area contributed by atoms with E-state index in [1.54, 1.807) is 6.92 Å². The fourth-order valence-corrected chi connectivity index (χ4v) is 2.29. The SMILES string of the molecule is CCCc1nc(NCC)cc(Sc2nnc(C)o2)n1. The molecule has 0 aliphatic carbocycles. The molecule has 7 heteroatoms. The maximum absolute atomic E-state index is 5.35. The van der Waals surface area contributed by atoms with E-state index in [2.05, 4.69) is 32.4 Å². The lowest BCUT2D eigenvalue weighted by molar-refractivity contribution is 0.429. The predicted molar refractivity (Wildman–Crippen MR) is 73.3 cm³/mol. The van der Waals surface area contributed by atoms with Gasteiger partial charge in [0.2, 0.25) is 5.89 Å². The molecule has 2 aromatic heterocycles. The van der Waals surface area contributed by atoms with Gasteiger partial charge in [0.15, 0.2) is 0 Å². The lowest BCUT2D eigenvalue weighted by atomic mass is 10.3. The van der Waals surface area contributed by atoms with Crippen molar-refractivity contribution >= 4 is 17.6 Å². The Kier molecular flexibility index (Phi) is 4.73. The average molecular weight is 279 g/mol. The third-order valence-corrected chi connectivity index (χ3v) is 3.04. The second-order valence-corrected chi connectivity index (χ2v) is 4.95. The van der Waals surface area contributed by atoms with Crippen molar-refractivity contribution in [2.45, 2.75) is 43.9 Å². The van der Waals surface area contributed by atoms with E-state index in [1.165, 1.54) is 11.8 Å². The summed E-state index contributed by atoms with van der Waals surface area (Å²) in [6.45, 7) is 6.74. The van der Waals surface area contributed by atoms with E-state index >= 15 is 0 Å². The molecule has 0 bridgehead atoms. The lowest BCUT2D eigenvalue weighted by Crippen LogP contribution is -2.04. The Bertz CT molecular complexity index is 518. The van der Waals surface area contributed by atoms with Crippen LogP contribution in [0.15, 0.2) is 20.7 Å². The maximum Gasteiger partial charge on any atom is 0.282 e. The van der Waals surface area contributed by atoms with Crippen LogP contribution in [0.1, 0.15) is 32.0 Å². The van der Waals surface area contributed by atoms with Gasteiger partial charge in [-0.2, -0.15) is 0 Å². The van der Waals surface area contributed by atoms with Crippen LogP contribution >= 0.6 is 11.8 Å². The number of aryl methyl sites for hydroxylation is 2. The van der Waals surface area contributed by atoms with Gasteiger partial charge in [0, 0.05) is 26.0 Å². The molecule has 2 aromatic rings. The van der Waals surface area contributed by atoms with Gasteiger partial charge in [0.05, 0.1) is 0 Å². The Morgan fingerprint density at radius 2 is 2.11 bits per heavy atom. The molecule has 0 aliphatic rings. The summed E-state index contributed by atoms with van der Waals surface area (Å²) in [5, 5.41) is 12.3. The molecule has 0 spiro atoms. The molecule has 102 valence electrons. The number of nitrogens with zero attached hydrogens (tertiary/aromatic N) is 4. The summed E-state index contributed by atoms with van der Waals surface area (Å²) in [5.41, 5.74) is 0. The smallest absolute Gasteiger partial charge is 0.282 e. The molecular formula is C12H17N5OS. The minimum absolute atomic E-state index is 0.501. The predicted octanol–water partition coefficient (Wildman–Crippen LogP) is 2.70. The van der Waals surface area contributed by atoms with E-state index in [0.717, 1.165) is 36.1 Å². The van der Waals surface area contributed by atoms with Gasteiger partial charge in [-0.3, -0.25) is 0 Å². The molecule has 0 saturated heterocycles. The number of hydrogen-bond acceptors (Lipinski definition) is 7. The topological polar surface area (TPSA) is 76.7 Å². The van der Waals surface area contributed by atoms with Crippen molar-refractivity contribution in [2.75, 3.05) is 11.9 Å². The molecule has 1 N–H and O–H groups in total. The van der Waals surface area contributed by atoms with E-state index in [0.29, 0.717) is 11.1 Å². The number of anilines is 1. The lowest BCUT2D eigenvalue weighted by Gasteiger charge is -2.06. The highest BCUT2D eigenvalue weighted by atomic mass is 32.2. The highest BCUT2D eigenvalue weighted by Crippen LogP contribution is 2.26. The zero-order valence-corrected chi connectivity index (χ0v) is 12.1. The highest BCUT2D eigenvalue weighted by Gasteiger charge is 2.09. The van der Waals surface area contributed by atoms with E-state index < -0.39 is 0 Å². The zero-order valence-electron chi connectivity index (χ0n) is 11.3. The van der Waals surface area contributed by atoms with Crippen molar-refractivity contribution in [3.8, 4) is 0 Å². The Hall–Kier alpha value is -1.63. The second kappa shape index (κ2) is 6.51. The summed E-state index contributed by atoms with van der Waals surface area (Å²) in [6, 6.07) is 1.90. The third kappa shape index (κ3) is 3.92. The molecule has 0 atom stereocenters. The monoisotopic (exact) mass is 279 g/mol. The Morgan fingerprint density at radius 3 is 2.74 bits per heavy atom. The summed E-state index contributed by atoms with van der Waals surface area (Å²) in [7, 11) is 0. The van der Waals surface area contributed by atoms with Crippen LogP contribution in [0.25, 0.3) is 0 Å². The van der Waals surface area contributed by atoms with Crippen LogP contribution in [0.2, 0.25) is 0 Å². The quantitative estimate of drug-likeness (QED) is 0.814. The van der Waals surface area contributed by atoms with Crippen molar-refractivity contribution in [2.24, 2.45) is 0 Å². The van der Waals surface area contributed by atoms with Crippen molar-refractivity contribution < 1.29 is 4.42 Å². The Morgan fingerprint density at radius 1 is 1.26 bits per heavy atom. The van der Waals surface area contributed by atoms with Gasteiger partial charge < -0.3 is 9.73 Å². The molecule has 6 nitrogen and oxygen atoms in total. The van der Waals surface area contributed by atoms with Crippen LogP contribution in [-0.2, 0) is 6.42 Å². The minimum atomic E-state index is 0.501. The molecule has 0 fully saturated rings. The second-order valence-electron chi connectivity index (χ2n) is 3.98. The van der Waals surface area contributed by atoms with E-state index in [9.17, 15) is 0 Å². The summed E-state index contributed by atoms with van der Waals surface area (Å²) >= 11 is 1.36. The van der Waals surface area contributed by atoms with Crippen molar-refractivity contribution in [1.29, 1.82) is 0 Å². The molecule has 0 saturated carbocycles. The molecular weight excluding hydrogens is 262 g/mol. The first kappa shape index (κ1) is 13.8. The molecule has 0 aliphatic heterocycles. The molecule has 19 heavy (non-hydrogen) atoms. The maximum atomic E-state index is 5.35. The van der Waals surface area contributed by atoms with Crippen LogP contribution in [0.4, 0.5) is 5.82 Å². The molecule has 0 radical (unpaired) electrons. The largest absolute Gasteiger partial charge is 0.416 e. The van der Waals surface area contributed by atoms with Gasteiger partial charge in [-0.05, 0) is 25.1 Å². The number of nitrogens with one attached hydrogen (secondary N) is 1. The van der Waals surface area contributed by atoms with Crippen molar-refractivity contribution in [1.82, 2.24) is 20.2 Å². The van der Waals surface area contributed by atoms with Gasteiger partial charge in [-0.1, -0.05) is 6.92 Å². The zero-order chi connectivity index (χ0) is 13.7. The molecule has 2 heterocycles. The van der Waals surface area contributed by atoms with Crippen molar-refractivity contribution in [3.63, 3.8) is 0 Å². The molecule has 0 amide bonds. The number of rotatable bonds is 6. The van der Waals surface area contributed by atoms with Crippen LogP contribution in [0.3, 0.4) is 0 Å². The van der Waals surface area contributed by atoms with Gasteiger partial charge in [-0.25, -0.2) is 9.97 Å². The molecule has 0 aromatic carbocycles. The average Bonchev–Trinajstić information content (AvgIpc) is 2.75. The first-order chi connectivity index (χ1) is 9.21. The van der Waals surface area contributed by atoms with Crippen LogP contribution in [0, 0.1) is 6.92 Å². The van der Waals surface area contributed by atoms with Crippen LogP contribution in [-0.4, -0.2) is 26.7 Å². The van der Waals surface area contributed by atoms with Gasteiger partial charge in [-0.15, -0.1) is 10.2 Å². The van der Waals surface area contributed by atoms with E-state index in [-0.39, 0.29) is 0 Å². The summed E-state index contributed by atoms with van der Waals surface area (Å²) < 4.78 is 5.35. The van der Waals surface area contributed by atoms with Crippen molar-refractivity contribution in [3.05, 3.63) is 17.8 Å². The summed E-state index contributed by atoms with van der Waals surface area (Å²) in [6.07, 6.45) is 1.87. The van der Waals surface area contributed by atoms with Gasteiger partial charge in [0.25, 0.3) is 5.22 Å². The van der Waals surface area contributed by atoms with Crippen LogP contribution < -0.4 is 5.32 Å². The fraction of sp³-hybridized carbons (Fsp3) is 0.500. The van der Waals surface area contributed by atoms with Gasteiger partial charge >= 0.3 is 0 Å². The minimum Gasteiger partial charge on any atom is -0.416 e. The van der Waals surface area contributed by atoms with Gasteiger partial charge in [0.1, 0.15) is 16.7 Å². The Labute approximate surface area is 116 Å². The first-order valence-electron chi connectivity index (χ1n) is 6.31. The molecule has 0 unspecified atom stereocenters. The van der Waals surface area contributed by atoms with Crippen LogP contribution in [0.5, 0.6) is 0 Å². The normalized spacial score (nSPS) is 10.7. The number of hydrogen-bond donors (Lipinski definition) is 1. The van der Waals surface area contributed by atoms with E-state index in [4.69, 9.17) is 4.42 Å². The molecule has 2 rings (SSSR count). The standard InChI is InChI=1S/C12H17N5OS/c1-4-6-9-14-10(13-5-2)7-11(15-9)19-12-17-16-8(3)18-12/h7H,4-6H2,1-3H3,(H,13,14,15). The Balaban J connectivity index is 2.22. The number of aromatic nitrogens is 4. The fourth-order valence-electron chi connectivity index (χ4n) is 1.54.